The molecule has 0 radical (unpaired) electrons. The van der Waals surface area contributed by atoms with Crippen molar-refractivity contribution in [3.8, 4) is 0 Å². The zero-order valence-corrected chi connectivity index (χ0v) is 13.5. The fourth-order valence-corrected chi connectivity index (χ4v) is 2.12. The number of hydrogen-bond acceptors (Lipinski definition) is 3. The van der Waals surface area contributed by atoms with Crippen molar-refractivity contribution in [1.82, 2.24) is 10.7 Å². The first-order chi connectivity index (χ1) is 11.1. The van der Waals surface area contributed by atoms with E-state index in [1.807, 2.05) is 24.3 Å². The fraction of sp³-hybridized carbons (Fsp3) is 0.0625. The smallest absolute Gasteiger partial charge is 0.259 e. The Balaban J connectivity index is 1.81. The van der Waals surface area contributed by atoms with Crippen LogP contribution in [0.4, 0.5) is 4.39 Å². The minimum absolute atomic E-state index is 0.113. The highest BCUT2D eigenvalue weighted by molar-refractivity contribution is 9.10. The Kier molecular flexibility index (Phi) is 5.99. The zero-order valence-electron chi connectivity index (χ0n) is 11.9. The molecule has 118 valence electrons. The summed E-state index contributed by atoms with van der Waals surface area (Å²) in [5.74, 6) is -1.81. The summed E-state index contributed by atoms with van der Waals surface area (Å²) in [6.07, 6.45) is 1.47. The molecule has 2 N–H and O–H groups in total. The van der Waals surface area contributed by atoms with Crippen molar-refractivity contribution in [3.05, 3.63) is 69.9 Å². The number of halogens is 2. The van der Waals surface area contributed by atoms with Gasteiger partial charge in [-0.15, -0.1) is 0 Å². The van der Waals surface area contributed by atoms with Gasteiger partial charge in [-0.1, -0.05) is 40.2 Å². The maximum atomic E-state index is 13.4. The Morgan fingerprint density at radius 1 is 1.17 bits per heavy atom. The van der Waals surface area contributed by atoms with Gasteiger partial charge in [-0.3, -0.25) is 9.59 Å². The van der Waals surface area contributed by atoms with E-state index in [1.54, 1.807) is 6.07 Å². The van der Waals surface area contributed by atoms with Crippen LogP contribution in [0, 0.1) is 5.82 Å². The Bertz CT molecular complexity index is 750. The molecule has 2 rings (SSSR count). The second kappa shape index (κ2) is 8.19. The van der Waals surface area contributed by atoms with E-state index in [4.69, 9.17) is 0 Å². The molecule has 0 saturated carbocycles. The van der Waals surface area contributed by atoms with Crippen molar-refractivity contribution in [2.75, 3.05) is 6.54 Å². The molecule has 0 fully saturated rings. The Labute approximate surface area is 140 Å². The summed E-state index contributed by atoms with van der Waals surface area (Å²) in [6, 6.07) is 12.9. The second-order valence-corrected chi connectivity index (χ2v) is 5.43. The van der Waals surface area contributed by atoms with Crippen LogP contribution in [0.15, 0.2) is 58.1 Å². The van der Waals surface area contributed by atoms with Gasteiger partial charge < -0.3 is 5.32 Å². The van der Waals surface area contributed by atoms with Gasteiger partial charge in [-0.25, -0.2) is 9.82 Å². The summed E-state index contributed by atoms with van der Waals surface area (Å²) in [7, 11) is 0. The van der Waals surface area contributed by atoms with Gasteiger partial charge in [0.15, 0.2) is 0 Å². The summed E-state index contributed by atoms with van der Waals surface area (Å²) in [6.45, 7) is -0.303. The first-order valence-electron chi connectivity index (χ1n) is 6.66. The minimum Gasteiger partial charge on any atom is -0.343 e. The van der Waals surface area contributed by atoms with Gasteiger partial charge in [0.1, 0.15) is 5.82 Å². The van der Waals surface area contributed by atoms with Crippen molar-refractivity contribution < 1.29 is 14.0 Å². The molecular formula is C16H13BrFN3O2. The summed E-state index contributed by atoms with van der Waals surface area (Å²) < 4.78 is 14.3. The number of amides is 2. The maximum Gasteiger partial charge on any atom is 0.259 e. The third kappa shape index (κ3) is 5.30. The third-order valence-electron chi connectivity index (χ3n) is 2.78. The van der Waals surface area contributed by atoms with E-state index in [9.17, 15) is 14.0 Å². The lowest BCUT2D eigenvalue weighted by atomic mass is 10.2. The third-order valence-corrected chi connectivity index (χ3v) is 3.27. The molecule has 0 aliphatic rings. The van der Waals surface area contributed by atoms with Crippen molar-refractivity contribution in [2.24, 2.45) is 5.10 Å². The largest absolute Gasteiger partial charge is 0.343 e. The second-order valence-electron chi connectivity index (χ2n) is 4.51. The number of rotatable bonds is 5. The first kappa shape index (κ1) is 16.8. The van der Waals surface area contributed by atoms with Gasteiger partial charge in [0, 0.05) is 4.47 Å². The predicted molar refractivity (Wildman–Crippen MR) is 88.6 cm³/mol. The van der Waals surface area contributed by atoms with Gasteiger partial charge in [-0.05, 0) is 29.8 Å². The average molecular weight is 378 g/mol. The summed E-state index contributed by atoms with van der Waals surface area (Å²) >= 11 is 3.32. The molecular weight excluding hydrogens is 365 g/mol. The zero-order chi connectivity index (χ0) is 16.7. The van der Waals surface area contributed by atoms with Crippen LogP contribution in [0.25, 0.3) is 0 Å². The minimum atomic E-state index is -0.658. The van der Waals surface area contributed by atoms with Crippen LogP contribution < -0.4 is 10.7 Å². The van der Waals surface area contributed by atoms with E-state index in [0.29, 0.717) is 0 Å². The van der Waals surface area contributed by atoms with Crippen molar-refractivity contribution in [3.63, 3.8) is 0 Å². The molecule has 0 aliphatic carbocycles. The van der Waals surface area contributed by atoms with E-state index in [0.717, 1.165) is 10.0 Å². The van der Waals surface area contributed by atoms with Crippen molar-refractivity contribution in [2.45, 2.75) is 0 Å². The molecule has 7 heteroatoms. The number of hydrogen-bond donors (Lipinski definition) is 2. The fourth-order valence-electron chi connectivity index (χ4n) is 1.71. The standard InChI is InChI=1S/C16H13BrFN3O2/c17-12-5-3-4-11(8-12)9-20-21-15(22)10-19-16(23)13-6-1-2-7-14(13)18/h1-9H,10H2,(H,19,23)(H,21,22)/b20-9+. The van der Waals surface area contributed by atoms with Gasteiger partial charge in [0.05, 0.1) is 18.3 Å². The van der Waals surface area contributed by atoms with Gasteiger partial charge >= 0.3 is 0 Å². The van der Waals surface area contributed by atoms with Crippen LogP contribution in [0.1, 0.15) is 15.9 Å². The van der Waals surface area contributed by atoms with E-state index in [2.05, 4.69) is 31.8 Å². The van der Waals surface area contributed by atoms with E-state index < -0.39 is 17.6 Å². The number of nitrogens with zero attached hydrogens (tertiary/aromatic N) is 1. The molecule has 2 amide bonds. The molecule has 0 atom stereocenters. The number of nitrogens with one attached hydrogen (secondary N) is 2. The number of carbonyl (C=O) groups is 2. The first-order valence-corrected chi connectivity index (χ1v) is 7.46. The molecule has 2 aromatic rings. The van der Waals surface area contributed by atoms with Crippen LogP contribution in [-0.2, 0) is 4.79 Å². The monoisotopic (exact) mass is 377 g/mol. The van der Waals surface area contributed by atoms with Crippen LogP contribution in [0.5, 0.6) is 0 Å². The number of carbonyl (C=O) groups excluding carboxylic acids is 2. The van der Waals surface area contributed by atoms with Crippen molar-refractivity contribution >= 4 is 34.0 Å². The lowest BCUT2D eigenvalue weighted by Gasteiger charge is -2.05. The van der Waals surface area contributed by atoms with E-state index >= 15 is 0 Å². The van der Waals surface area contributed by atoms with Gasteiger partial charge in [-0.2, -0.15) is 5.10 Å². The lowest BCUT2D eigenvalue weighted by molar-refractivity contribution is -0.120. The van der Waals surface area contributed by atoms with Crippen LogP contribution in [0.3, 0.4) is 0 Å². The summed E-state index contributed by atoms with van der Waals surface area (Å²) in [4.78, 5) is 23.3. The highest BCUT2D eigenvalue weighted by atomic mass is 79.9. The van der Waals surface area contributed by atoms with Crippen LogP contribution in [-0.4, -0.2) is 24.6 Å². The molecule has 0 spiro atoms. The SMILES string of the molecule is O=C(CNC(=O)c1ccccc1F)N/N=C/c1cccc(Br)c1. The highest BCUT2D eigenvalue weighted by Crippen LogP contribution is 2.09. The van der Waals surface area contributed by atoms with E-state index in [-0.39, 0.29) is 12.1 Å². The molecule has 23 heavy (non-hydrogen) atoms. The number of hydrazone groups is 1. The van der Waals surface area contributed by atoms with Gasteiger partial charge in [0.2, 0.25) is 0 Å². The molecule has 0 aliphatic heterocycles. The molecule has 0 unspecified atom stereocenters. The lowest BCUT2D eigenvalue weighted by Crippen LogP contribution is -2.35. The predicted octanol–water partition coefficient (Wildman–Crippen LogP) is 2.47. The molecule has 2 aromatic carbocycles. The molecule has 0 bridgehead atoms. The summed E-state index contributed by atoms with van der Waals surface area (Å²) in [5, 5.41) is 6.11. The Morgan fingerprint density at radius 3 is 2.70 bits per heavy atom. The number of benzene rings is 2. The van der Waals surface area contributed by atoms with Crippen LogP contribution in [0.2, 0.25) is 0 Å². The Morgan fingerprint density at radius 2 is 1.96 bits per heavy atom. The summed E-state index contributed by atoms with van der Waals surface area (Å²) in [5.41, 5.74) is 2.97. The Hall–Kier alpha value is -2.54. The molecule has 0 aromatic heterocycles. The normalized spacial score (nSPS) is 10.5. The molecule has 0 heterocycles. The van der Waals surface area contributed by atoms with Crippen LogP contribution >= 0.6 is 15.9 Å². The highest BCUT2D eigenvalue weighted by Gasteiger charge is 2.11. The quantitative estimate of drug-likeness (QED) is 0.620. The molecule has 5 nitrogen and oxygen atoms in total. The average Bonchev–Trinajstić information content (AvgIpc) is 2.53. The maximum absolute atomic E-state index is 13.4. The molecule has 0 saturated heterocycles. The van der Waals surface area contributed by atoms with Crippen molar-refractivity contribution in [1.29, 1.82) is 0 Å². The topological polar surface area (TPSA) is 70.6 Å². The van der Waals surface area contributed by atoms with E-state index in [1.165, 1.54) is 24.4 Å². The van der Waals surface area contributed by atoms with Gasteiger partial charge in [0.25, 0.3) is 11.8 Å².